The number of halogens is 1. The molecule has 28 heavy (non-hydrogen) atoms. The van der Waals surface area contributed by atoms with Crippen LogP contribution < -0.4 is 8.71 Å². The van der Waals surface area contributed by atoms with Gasteiger partial charge in [0.05, 0.1) is 6.61 Å². The molecular weight excluding hydrogens is 443 g/mol. The smallest absolute Gasteiger partial charge is 0.417 e. The first-order chi connectivity index (χ1) is 13.1. The normalized spacial score (nSPS) is 13.9. The maximum Gasteiger partial charge on any atom is 0.440 e. The second-order valence-electron chi connectivity index (χ2n) is 6.11. The molecule has 2 aromatic rings. The molecular formula is C18H22ClO6PS2. The molecule has 0 aromatic heterocycles. The van der Waals surface area contributed by atoms with Gasteiger partial charge in [0.25, 0.3) is 0 Å². The average Bonchev–Trinajstić information content (AvgIpc) is 2.62. The Hall–Kier alpha value is -1.18. The summed E-state index contributed by atoms with van der Waals surface area (Å²) in [5.41, 5.74) is 0. The number of hydrogen-bond acceptors (Lipinski definition) is 7. The van der Waals surface area contributed by atoms with Crippen LogP contribution in [0.1, 0.15) is 20.8 Å². The van der Waals surface area contributed by atoms with Gasteiger partial charge in [-0.1, -0.05) is 25.4 Å². The highest BCUT2D eigenvalue weighted by Gasteiger charge is 2.27. The van der Waals surface area contributed by atoms with E-state index in [2.05, 4.69) is 0 Å². The molecule has 2 rings (SSSR count). The Bertz CT molecular complexity index is 914. The number of benzene rings is 2. The topological polar surface area (TPSA) is 78.9 Å². The zero-order valence-corrected chi connectivity index (χ0v) is 19.0. The minimum Gasteiger partial charge on any atom is -0.417 e. The van der Waals surface area contributed by atoms with Crippen LogP contribution >= 0.6 is 29.8 Å². The number of hydrogen-bond donors (Lipinski definition) is 0. The third-order valence-corrected chi connectivity index (χ3v) is 8.79. The highest BCUT2D eigenvalue weighted by Crippen LogP contribution is 2.60. The average molecular weight is 465 g/mol. The van der Waals surface area contributed by atoms with Crippen molar-refractivity contribution in [2.24, 2.45) is 5.92 Å². The van der Waals surface area contributed by atoms with Gasteiger partial charge in [-0.25, -0.2) is 4.57 Å². The predicted octanol–water partition coefficient (Wildman–Crippen LogP) is 6.02. The van der Waals surface area contributed by atoms with Crippen molar-refractivity contribution in [2.75, 3.05) is 12.4 Å². The lowest BCUT2D eigenvalue weighted by molar-refractivity contribution is 0.296. The molecule has 2 aromatic carbocycles. The molecule has 0 saturated carbocycles. The summed E-state index contributed by atoms with van der Waals surface area (Å²) in [4.78, 5) is -0.0110. The van der Waals surface area contributed by atoms with Crippen LogP contribution in [0.15, 0.2) is 53.4 Å². The number of rotatable bonds is 10. The van der Waals surface area contributed by atoms with Gasteiger partial charge in [-0.2, -0.15) is 8.42 Å². The SMILES string of the molecule is CCOP(=O)(Oc1ccc(OS(=O)(=O)c2ccc(Cl)cc2)cc1)SCC(C)C. The Balaban J connectivity index is 2.09. The molecule has 1 atom stereocenters. The van der Waals surface area contributed by atoms with E-state index >= 15 is 0 Å². The lowest BCUT2D eigenvalue weighted by Crippen LogP contribution is -2.09. The first kappa shape index (κ1) is 23.1. The lowest BCUT2D eigenvalue weighted by atomic mass is 10.3. The van der Waals surface area contributed by atoms with Crippen LogP contribution in [0.5, 0.6) is 11.5 Å². The van der Waals surface area contributed by atoms with E-state index in [-0.39, 0.29) is 17.3 Å². The van der Waals surface area contributed by atoms with E-state index in [1.54, 1.807) is 6.92 Å². The van der Waals surface area contributed by atoms with Crippen LogP contribution in [-0.4, -0.2) is 20.8 Å². The molecule has 1 unspecified atom stereocenters. The third kappa shape index (κ3) is 7.01. The van der Waals surface area contributed by atoms with Crippen molar-refractivity contribution in [1.82, 2.24) is 0 Å². The maximum atomic E-state index is 12.8. The molecule has 0 radical (unpaired) electrons. The summed E-state index contributed by atoms with van der Waals surface area (Å²) in [7, 11) is -3.99. The monoisotopic (exact) mass is 464 g/mol. The molecule has 6 nitrogen and oxygen atoms in total. The molecule has 0 aliphatic heterocycles. The van der Waals surface area contributed by atoms with E-state index in [0.717, 1.165) is 11.4 Å². The minimum absolute atomic E-state index is 0.0110. The second kappa shape index (κ2) is 10.0. The quantitative estimate of drug-likeness (QED) is 0.314. The van der Waals surface area contributed by atoms with Crippen molar-refractivity contribution in [2.45, 2.75) is 25.7 Å². The van der Waals surface area contributed by atoms with Crippen LogP contribution in [0.4, 0.5) is 0 Å². The van der Waals surface area contributed by atoms with E-state index in [4.69, 9.17) is 24.8 Å². The van der Waals surface area contributed by atoms with E-state index < -0.39 is 16.9 Å². The van der Waals surface area contributed by atoms with Crippen molar-refractivity contribution >= 4 is 39.9 Å². The summed E-state index contributed by atoms with van der Waals surface area (Å²) >= 11 is 6.91. The summed E-state index contributed by atoms with van der Waals surface area (Å²) in [6, 6.07) is 11.5. The molecule has 10 heteroatoms. The fourth-order valence-corrected chi connectivity index (χ4v) is 6.76. The Morgan fingerprint density at radius 1 is 1.04 bits per heavy atom. The van der Waals surface area contributed by atoms with E-state index in [1.165, 1.54) is 48.5 Å². The predicted molar refractivity (Wildman–Crippen MR) is 113 cm³/mol. The zero-order chi connectivity index (χ0) is 20.8. The Kier molecular flexibility index (Phi) is 8.28. The highest BCUT2D eigenvalue weighted by atomic mass is 35.5. The van der Waals surface area contributed by atoms with Crippen LogP contribution in [0, 0.1) is 5.92 Å². The van der Waals surface area contributed by atoms with Gasteiger partial charge in [0.15, 0.2) is 0 Å². The van der Waals surface area contributed by atoms with Gasteiger partial charge in [-0.15, -0.1) is 0 Å². The summed E-state index contributed by atoms with van der Waals surface area (Å²) in [5, 5.41) is 0.425. The first-order valence-corrected chi connectivity index (χ1v) is 13.4. The Morgan fingerprint density at radius 2 is 1.61 bits per heavy atom. The van der Waals surface area contributed by atoms with E-state index in [1.807, 2.05) is 13.8 Å². The Labute approximate surface area is 174 Å². The third-order valence-electron chi connectivity index (χ3n) is 3.20. The molecule has 0 fully saturated rings. The first-order valence-electron chi connectivity index (χ1n) is 8.52. The van der Waals surface area contributed by atoms with Crippen molar-refractivity contribution in [3.05, 3.63) is 53.6 Å². The van der Waals surface area contributed by atoms with Crippen molar-refractivity contribution in [3.63, 3.8) is 0 Å². The van der Waals surface area contributed by atoms with Crippen molar-refractivity contribution < 1.29 is 26.2 Å². The van der Waals surface area contributed by atoms with Gasteiger partial charge < -0.3 is 8.71 Å². The van der Waals surface area contributed by atoms with Gasteiger partial charge in [0.1, 0.15) is 16.4 Å². The van der Waals surface area contributed by atoms with Gasteiger partial charge in [-0.3, -0.25) is 4.52 Å². The summed E-state index contributed by atoms with van der Waals surface area (Å²) in [6.45, 7) is 2.66. The summed E-state index contributed by atoms with van der Waals surface area (Å²) in [6.07, 6.45) is 0. The second-order valence-corrected chi connectivity index (χ2v) is 12.1. The van der Waals surface area contributed by atoms with Crippen LogP contribution in [-0.2, 0) is 19.2 Å². The molecule has 0 N–H and O–H groups in total. The van der Waals surface area contributed by atoms with Crippen molar-refractivity contribution in [1.29, 1.82) is 0 Å². The van der Waals surface area contributed by atoms with Crippen LogP contribution in [0.3, 0.4) is 0 Å². The largest absolute Gasteiger partial charge is 0.440 e. The molecule has 0 saturated heterocycles. The Morgan fingerprint density at radius 3 is 2.14 bits per heavy atom. The minimum atomic E-state index is -3.99. The fourth-order valence-electron chi connectivity index (χ4n) is 1.95. The molecule has 0 aliphatic rings. The molecule has 0 spiro atoms. The van der Waals surface area contributed by atoms with Crippen molar-refractivity contribution in [3.8, 4) is 11.5 Å². The van der Waals surface area contributed by atoms with Gasteiger partial charge in [-0.05, 0) is 72.8 Å². The molecule has 0 amide bonds. The van der Waals surface area contributed by atoms with Crippen LogP contribution in [0.25, 0.3) is 0 Å². The van der Waals surface area contributed by atoms with Gasteiger partial charge in [0, 0.05) is 10.8 Å². The summed E-state index contributed by atoms with van der Waals surface area (Å²) in [5.74, 6) is 1.35. The molecule has 0 aliphatic carbocycles. The van der Waals surface area contributed by atoms with Crippen LogP contribution in [0.2, 0.25) is 5.02 Å². The lowest BCUT2D eigenvalue weighted by Gasteiger charge is -2.18. The molecule has 154 valence electrons. The molecule has 0 bridgehead atoms. The van der Waals surface area contributed by atoms with Gasteiger partial charge in [0.2, 0.25) is 0 Å². The standard InChI is InChI=1S/C18H22ClO6PS2/c1-4-23-26(20,27-13-14(2)3)24-16-7-9-17(10-8-16)25-28(21,22)18-11-5-15(19)6-12-18/h5-12,14H,4,13H2,1-3H3. The summed E-state index contributed by atoms with van der Waals surface area (Å²) < 4.78 is 53.4. The molecule has 0 heterocycles. The zero-order valence-electron chi connectivity index (χ0n) is 15.7. The maximum absolute atomic E-state index is 12.8. The van der Waals surface area contributed by atoms with Gasteiger partial charge >= 0.3 is 16.9 Å². The fraction of sp³-hybridized carbons (Fsp3) is 0.333. The highest BCUT2D eigenvalue weighted by molar-refractivity contribution is 8.55. The van der Waals surface area contributed by atoms with E-state index in [9.17, 15) is 13.0 Å². The van der Waals surface area contributed by atoms with E-state index in [0.29, 0.717) is 22.4 Å².